The topological polar surface area (TPSA) is 44.4 Å². The van der Waals surface area contributed by atoms with E-state index in [1.165, 1.54) is 38.5 Å². The zero-order valence-corrected chi connectivity index (χ0v) is 15.1. The third-order valence-electron chi connectivity index (χ3n) is 4.98. The first-order valence-corrected chi connectivity index (χ1v) is 10.3. The molecule has 2 atom stereocenters. The minimum Gasteiger partial charge on any atom is -0.355 e. The van der Waals surface area contributed by atoms with Crippen LogP contribution in [0.3, 0.4) is 0 Å². The maximum absolute atomic E-state index is 11.8. The average Bonchev–Trinajstić information content (AvgIpc) is 2.55. The molecule has 0 radical (unpaired) electrons. The van der Waals surface area contributed by atoms with Crippen LogP contribution in [0.1, 0.15) is 51.9 Å². The molecule has 1 aliphatic heterocycles. The predicted molar refractivity (Wildman–Crippen MR) is 95.5 cm³/mol. The first kappa shape index (κ1) is 18.1. The summed E-state index contributed by atoms with van der Waals surface area (Å²) in [4.78, 5) is 14.1. The Balaban J connectivity index is 1.67. The highest BCUT2D eigenvalue weighted by molar-refractivity contribution is 7.99. The molecule has 128 valence electrons. The number of carbonyl (C=O) groups is 1. The quantitative estimate of drug-likeness (QED) is 0.753. The molecule has 0 bridgehead atoms. The van der Waals surface area contributed by atoms with Crippen LogP contribution in [-0.2, 0) is 4.79 Å². The van der Waals surface area contributed by atoms with Crippen LogP contribution in [-0.4, -0.2) is 60.6 Å². The first-order chi connectivity index (χ1) is 10.7. The highest BCUT2D eigenvalue weighted by atomic mass is 32.2. The van der Waals surface area contributed by atoms with Gasteiger partial charge >= 0.3 is 0 Å². The number of amides is 1. The molecule has 0 aromatic carbocycles. The van der Waals surface area contributed by atoms with Crippen LogP contribution in [0.15, 0.2) is 0 Å². The molecule has 2 rings (SSSR count). The summed E-state index contributed by atoms with van der Waals surface area (Å²) in [6.45, 7) is 5.56. The lowest BCUT2D eigenvalue weighted by Crippen LogP contribution is -2.51. The molecule has 1 saturated carbocycles. The van der Waals surface area contributed by atoms with E-state index in [1.54, 1.807) is 0 Å². The molecule has 2 unspecified atom stereocenters. The number of hydrogen-bond acceptors (Lipinski definition) is 4. The van der Waals surface area contributed by atoms with Crippen molar-refractivity contribution in [3.63, 3.8) is 0 Å². The van der Waals surface area contributed by atoms with Crippen molar-refractivity contribution in [1.82, 2.24) is 15.5 Å². The van der Waals surface area contributed by atoms with E-state index in [0.717, 1.165) is 31.3 Å². The molecule has 1 amide bonds. The van der Waals surface area contributed by atoms with Crippen molar-refractivity contribution in [3.8, 4) is 0 Å². The Morgan fingerprint density at radius 3 is 2.59 bits per heavy atom. The van der Waals surface area contributed by atoms with Gasteiger partial charge in [0.15, 0.2) is 0 Å². The maximum Gasteiger partial charge on any atom is 0.234 e. The van der Waals surface area contributed by atoms with Crippen molar-refractivity contribution in [1.29, 1.82) is 0 Å². The summed E-state index contributed by atoms with van der Waals surface area (Å²) in [5, 5.41) is 7.69. The van der Waals surface area contributed by atoms with Gasteiger partial charge in [0.2, 0.25) is 5.91 Å². The van der Waals surface area contributed by atoms with E-state index < -0.39 is 0 Å². The molecule has 0 aromatic heterocycles. The second-order valence-electron chi connectivity index (χ2n) is 6.73. The Morgan fingerprint density at radius 1 is 1.18 bits per heavy atom. The van der Waals surface area contributed by atoms with E-state index in [9.17, 15) is 4.79 Å². The van der Waals surface area contributed by atoms with Gasteiger partial charge in [-0.3, -0.25) is 9.69 Å². The van der Waals surface area contributed by atoms with Crippen molar-refractivity contribution in [2.24, 2.45) is 0 Å². The third kappa shape index (κ3) is 5.74. The molecule has 1 saturated heterocycles. The Hall–Kier alpha value is -0.260. The average molecular weight is 328 g/mol. The van der Waals surface area contributed by atoms with Gasteiger partial charge in [-0.05, 0) is 38.4 Å². The number of nitrogens with one attached hydrogen (secondary N) is 2. The van der Waals surface area contributed by atoms with Gasteiger partial charge in [0.25, 0.3) is 0 Å². The van der Waals surface area contributed by atoms with Crippen LogP contribution in [0.2, 0.25) is 0 Å². The maximum atomic E-state index is 11.8. The van der Waals surface area contributed by atoms with Gasteiger partial charge in [-0.2, -0.15) is 11.8 Å². The van der Waals surface area contributed by atoms with E-state index in [0.29, 0.717) is 18.6 Å². The van der Waals surface area contributed by atoms with Crippen molar-refractivity contribution < 1.29 is 4.79 Å². The van der Waals surface area contributed by atoms with E-state index in [4.69, 9.17) is 0 Å². The van der Waals surface area contributed by atoms with Crippen LogP contribution in [0.4, 0.5) is 0 Å². The van der Waals surface area contributed by atoms with Crippen LogP contribution in [0.25, 0.3) is 0 Å². The SMILES string of the molecule is CCCNC(=O)CN1CCC(NC2CCCCC2SC)CC1. The zero-order chi connectivity index (χ0) is 15.8. The molecule has 4 nitrogen and oxygen atoms in total. The summed E-state index contributed by atoms with van der Waals surface area (Å²) in [6, 6.07) is 1.35. The molecule has 0 spiro atoms. The summed E-state index contributed by atoms with van der Waals surface area (Å²) in [5.41, 5.74) is 0. The summed E-state index contributed by atoms with van der Waals surface area (Å²) in [7, 11) is 0. The Bertz CT molecular complexity index is 332. The van der Waals surface area contributed by atoms with E-state index in [1.807, 2.05) is 11.8 Å². The molecule has 0 aromatic rings. The van der Waals surface area contributed by atoms with Crippen LogP contribution < -0.4 is 10.6 Å². The number of likely N-dealkylation sites (tertiary alicyclic amines) is 1. The van der Waals surface area contributed by atoms with E-state index in [2.05, 4.69) is 28.7 Å². The Morgan fingerprint density at radius 2 is 1.91 bits per heavy atom. The van der Waals surface area contributed by atoms with E-state index in [-0.39, 0.29) is 5.91 Å². The third-order valence-corrected chi connectivity index (χ3v) is 6.15. The van der Waals surface area contributed by atoms with Crippen molar-refractivity contribution in [2.45, 2.75) is 69.2 Å². The largest absolute Gasteiger partial charge is 0.355 e. The molecule has 1 heterocycles. The minimum absolute atomic E-state index is 0.183. The van der Waals surface area contributed by atoms with E-state index >= 15 is 0 Å². The highest BCUT2D eigenvalue weighted by Crippen LogP contribution is 2.28. The van der Waals surface area contributed by atoms with Crippen LogP contribution in [0, 0.1) is 0 Å². The fraction of sp³-hybridized carbons (Fsp3) is 0.941. The monoisotopic (exact) mass is 327 g/mol. The van der Waals surface area contributed by atoms with Gasteiger partial charge in [0.05, 0.1) is 6.54 Å². The first-order valence-electron chi connectivity index (χ1n) is 9.00. The van der Waals surface area contributed by atoms with Crippen molar-refractivity contribution in [2.75, 3.05) is 32.4 Å². The number of nitrogens with zero attached hydrogens (tertiary/aromatic N) is 1. The fourth-order valence-electron chi connectivity index (χ4n) is 3.65. The number of hydrogen-bond donors (Lipinski definition) is 2. The molecule has 5 heteroatoms. The van der Waals surface area contributed by atoms with Gasteiger partial charge in [-0.15, -0.1) is 0 Å². The van der Waals surface area contributed by atoms with Gasteiger partial charge in [-0.25, -0.2) is 0 Å². The molecule has 1 aliphatic carbocycles. The molecule has 22 heavy (non-hydrogen) atoms. The van der Waals surface area contributed by atoms with Gasteiger partial charge in [0, 0.05) is 37.0 Å². The second kappa shape index (κ2) is 9.78. The van der Waals surface area contributed by atoms with Crippen LogP contribution >= 0.6 is 11.8 Å². The smallest absolute Gasteiger partial charge is 0.234 e. The minimum atomic E-state index is 0.183. The number of thioether (sulfide) groups is 1. The molecule has 2 N–H and O–H groups in total. The summed E-state index contributed by atoms with van der Waals surface area (Å²) >= 11 is 2.03. The highest BCUT2D eigenvalue weighted by Gasteiger charge is 2.28. The molecule has 2 fully saturated rings. The zero-order valence-electron chi connectivity index (χ0n) is 14.3. The van der Waals surface area contributed by atoms with Crippen molar-refractivity contribution >= 4 is 17.7 Å². The fourth-order valence-corrected chi connectivity index (χ4v) is 4.60. The Labute approximate surface area is 140 Å². The summed E-state index contributed by atoms with van der Waals surface area (Å²) in [5.74, 6) is 0.183. The number of piperidine rings is 1. The Kier molecular flexibility index (Phi) is 8.04. The molecule has 2 aliphatic rings. The van der Waals surface area contributed by atoms with Crippen molar-refractivity contribution in [3.05, 3.63) is 0 Å². The number of rotatable bonds is 7. The second-order valence-corrected chi connectivity index (χ2v) is 7.81. The lowest BCUT2D eigenvalue weighted by Gasteiger charge is -2.38. The summed E-state index contributed by atoms with van der Waals surface area (Å²) < 4.78 is 0. The van der Waals surface area contributed by atoms with Gasteiger partial charge < -0.3 is 10.6 Å². The predicted octanol–water partition coefficient (Wildman–Crippen LogP) is 2.24. The van der Waals surface area contributed by atoms with Gasteiger partial charge in [0.1, 0.15) is 0 Å². The number of carbonyl (C=O) groups excluding carboxylic acids is 1. The molecular formula is C17H33N3OS. The lowest BCUT2D eigenvalue weighted by atomic mass is 9.93. The standard InChI is InChI=1S/C17H33N3OS/c1-3-10-18-17(21)13-20-11-8-14(9-12-20)19-15-6-4-5-7-16(15)22-2/h14-16,19H,3-13H2,1-2H3,(H,18,21). The van der Waals surface area contributed by atoms with Crippen LogP contribution in [0.5, 0.6) is 0 Å². The van der Waals surface area contributed by atoms with Gasteiger partial charge in [-0.1, -0.05) is 19.8 Å². The molecular weight excluding hydrogens is 294 g/mol. The normalized spacial score (nSPS) is 27.7. The summed E-state index contributed by atoms with van der Waals surface area (Å²) in [6.07, 6.45) is 11.1. The lowest BCUT2D eigenvalue weighted by molar-refractivity contribution is -0.122.